The summed E-state index contributed by atoms with van der Waals surface area (Å²) in [7, 11) is 0. The van der Waals surface area contributed by atoms with Gasteiger partial charge in [0.1, 0.15) is 5.76 Å². The van der Waals surface area contributed by atoms with Crippen LogP contribution in [-0.2, 0) is 18.4 Å². The van der Waals surface area contributed by atoms with Gasteiger partial charge in [-0.05, 0) is 6.07 Å². The van der Waals surface area contributed by atoms with E-state index in [-0.39, 0.29) is 5.41 Å². The molecular weight excluding hydrogens is 268 g/mol. The van der Waals surface area contributed by atoms with Crippen LogP contribution in [0.1, 0.15) is 56.6 Å². The minimum absolute atomic E-state index is 0.118. The van der Waals surface area contributed by atoms with Crippen molar-refractivity contribution >= 4 is 11.3 Å². The Hall–Kier alpha value is -1.13. The van der Waals surface area contributed by atoms with Crippen molar-refractivity contribution in [1.82, 2.24) is 10.3 Å². The molecule has 2 aromatic rings. The van der Waals surface area contributed by atoms with Crippen LogP contribution in [0.4, 0.5) is 0 Å². The normalized spacial score (nSPS) is 12.3. The molecule has 0 aliphatic rings. The highest BCUT2D eigenvalue weighted by atomic mass is 32.1. The number of thiazole rings is 1. The van der Waals surface area contributed by atoms with E-state index in [4.69, 9.17) is 9.40 Å². The zero-order chi connectivity index (χ0) is 14.8. The zero-order valence-corrected chi connectivity index (χ0v) is 13.8. The van der Waals surface area contributed by atoms with Crippen LogP contribution < -0.4 is 5.32 Å². The summed E-state index contributed by atoms with van der Waals surface area (Å²) in [5.74, 6) is 1.02. The molecule has 4 heteroatoms. The highest BCUT2D eigenvalue weighted by Gasteiger charge is 2.18. The van der Waals surface area contributed by atoms with Gasteiger partial charge in [-0.15, -0.1) is 11.3 Å². The first-order valence-electron chi connectivity index (χ1n) is 7.10. The van der Waals surface area contributed by atoms with E-state index in [0.29, 0.717) is 6.04 Å². The maximum absolute atomic E-state index is 5.58. The molecule has 0 aromatic carbocycles. The van der Waals surface area contributed by atoms with Crippen LogP contribution in [0.3, 0.4) is 0 Å². The number of nitrogens with zero attached hydrogens (tertiary/aromatic N) is 1. The summed E-state index contributed by atoms with van der Waals surface area (Å²) in [6, 6.07) is 2.51. The second kappa shape index (κ2) is 6.10. The average molecular weight is 292 g/mol. The first kappa shape index (κ1) is 15.3. The van der Waals surface area contributed by atoms with Crippen molar-refractivity contribution in [2.45, 2.75) is 59.0 Å². The molecule has 0 amide bonds. The highest BCUT2D eigenvalue weighted by molar-refractivity contribution is 7.09. The number of hydrogen-bond donors (Lipinski definition) is 1. The first-order valence-corrected chi connectivity index (χ1v) is 7.97. The Kier molecular flexibility index (Phi) is 4.66. The van der Waals surface area contributed by atoms with E-state index in [1.807, 2.05) is 0 Å². The maximum atomic E-state index is 5.58. The van der Waals surface area contributed by atoms with Gasteiger partial charge in [-0.2, -0.15) is 0 Å². The summed E-state index contributed by atoms with van der Waals surface area (Å²) < 4.78 is 5.58. The molecule has 2 aromatic heterocycles. The third-order valence-corrected chi connectivity index (χ3v) is 4.02. The number of hydrogen-bond acceptors (Lipinski definition) is 4. The van der Waals surface area contributed by atoms with E-state index >= 15 is 0 Å². The summed E-state index contributed by atoms with van der Waals surface area (Å²) in [6.07, 6.45) is 2.62. The number of nitrogens with one attached hydrogen (secondary N) is 1. The molecule has 2 heterocycles. The molecule has 3 nitrogen and oxygen atoms in total. The number of rotatable bonds is 5. The van der Waals surface area contributed by atoms with E-state index in [2.05, 4.69) is 51.4 Å². The van der Waals surface area contributed by atoms with Crippen LogP contribution >= 0.6 is 11.3 Å². The van der Waals surface area contributed by atoms with Crippen molar-refractivity contribution in [1.29, 1.82) is 0 Å². The van der Waals surface area contributed by atoms with E-state index < -0.39 is 0 Å². The monoisotopic (exact) mass is 292 g/mol. The highest BCUT2D eigenvalue weighted by Crippen LogP contribution is 2.26. The Morgan fingerprint density at radius 2 is 2.10 bits per heavy atom. The molecule has 0 unspecified atom stereocenters. The molecule has 0 saturated heterocycles. The Balaban J connectivity index is 2.07. The van der Waals surface area contributed by atoms with Crippen molar-refractivity contribution in [3.63, 3.8) is 0 Å². The molecule has 110 valence electrons. The van der Waals surface area contributed by atoms with Gasteiger partial charge in [0.25, 0.3) is 0 Å². The van der Waals surface area contributed by atoms with Gasteiger partial charge in [-0.25, -0.2) is 4.98 Å². The molecule has 0 spiro atoms. The fourth-order valence-corrected chi connectivity index (χ4v) is 2.92. The zero-order valence-electron chi connectivity index (χ0n) is 13.0. The predicted molar refractivity (Wildman–Crippen MR) is 84.3 cm³/mol. The largest absolute Gasteiger partial charge is 0.468 e. The molecule has 0 radical (unpaired) electrons. The fourth-order valence-electron chi connectivity index (χ4n) is 1.88. The Bertz CT molecular complexity index is 549. The van der Waals surface area contributed by atoms with Crippen LogP contribution in [0.15, 0.2) is 22.1 Å². The molecule has 0 fully saturated rings. The van der Waals surface area contributed by atoms with Gasteiger partial charge in [0.05, 0.1) is 23.5 Å². The van der Waals surface area contributed by atoms with Crippen molar-refractivity contribution in [3.05, 3.63) is 39.7 Å². The lowest BCUT2D eigenvalue weighted by atomic mass is 9.93. The minimum Gasteiger partial charge on any atom is -0.468 e. The lowest BCUT2D eigenvalue weighted by Crippen LogP contribution is -2.22. The Morgan fingerprint density at radius 1 is 1.35 bits per heavy atom. The predicted octanol–water partition coefficient (Wildman–Crippen LogP) is 4.12. The smallest absolute Gasteiger partial charge is 0.121 e. The number of aromatic nitrogens is 1. The molecule has 1 N–H and O–H groups in total. The summed E-state index contributed by atoms with van der Waals surface area (Å²) >= 11 is 1.73. The molecule has 2 rings (SSSR count). The Labute approximate surface area is 125 Å². The SMILES string of the molecule is CC(C)NCc1occc1Cc1nc(C(C)(C)C)cs1. The molecule has 20 heavy (non-hydrogen) atoms. The third-order valence-electron chi connectivity index (χ3n) is 3.17. The third kappa shape index (κ3) is 3.93. The van der Waals surface area contributed by atoms with E-state index in [9.17, 15) is 0 Å². The van der Waals surface area contributed by atoms with Crippen molar-refractivity contribution in [3.8, 4) is 0 Å². The summed E-state index contributed by atoms with van der Waals surface area (Å²) in [4.78, 5) is 4.75. The van der Waals surface area contributed by atoms with Gasteiger partial charge in [-0.3, -0.25) is 0 Å². The average Bonchev–Trinajstić information content (AvgIpc) is 2.95. The summed E-state index contributed by atoms with van der Waals surface area (Å²) in [5.41, 5.74) is 2.52. The molecule has 0 aliphatic heterocycles. The van der Waals surface area contributed by atoms with Crippen molar-refractivity contribution < 1.29 is 4.42 Å². The van der Waals surface area contributed by atoms with Gasteiger partial charge >= 0.3 is 0 Å². The van der Waals surface area contributed by atoms with Crippen molar-refractivity contribution in [2.75, 3.05) is 0 Å². The molecule has 0 saturated carbocycles. The lowest BCUT2D eigenvalue weighted by molar-refractivity contribution is 0.461. The van der Waals surface area contributed by atoms with Gasteiger partial charge in [0.2, 0.25) is 0 Å². The lowest BCUT2D eigenvalue weighted by Gasteiger charge is -2.14. The van der Waals surface area contributed by atoms with Crippen LogP contribution in [0.25, 0.3) is 0 Å². The van der Waals surface area contributed by atoms with Crippen LogP contribution in [0.5, 0.6) is 0 Å². The van der Waals surface area contributed by atoms with Gasteiger partial charge < -0.3 is 9.73 Å². The molecule has 0 bridgehead atoms. The van der Waals surface area contributed by atoms with E-state index in [1.165, 1.54) is 11.3 Å². The minimum atomic E-state index is 0.118. The molecule has 0 atom stereocenters. The quantitative estimate of drug-likeness (QED) is 0.900. The van der Waals surface area contributed by atoms with Gasteiger partial charge in [-0.1, -0.05) is 34.6 Å². The standard InChI is InChI=1S/C16H24N2OS/c1-11(2)17-9-13-12(6-7-19-13)8-15-18-14(10-20-15)16(3,4)5/h6-7,10-11,17H,8-9H2,1-5H3. The summed E-state index contributed by atoms with van der Waals surface area (Å²) in [5, 5.41) is 6.72. The van der Waals surface area contributed by atoms with Crippen LogP contribution in [0.2, 0.25) is 0 Å². The first-order chi connectivity index (χ1) is 9.36. The van der Waals surface area contributed by atoms with Gasteiger partial charge in [0, 0.05) is 28.8 Å². The Morgan fingerprint density at radius 3 is 2.70 bits per heavy atom. The second-order valence-electron chi connectivity index (χ2n) is 6.46. The fraction of sp³-hybridized carbons (Fsp3) is 0.562. The maximum Gasteiger partial charge on any atom is 0.121 e. The molecular formula is C16H24N2OS. The number of furan rings is 1. The van der Waals surface area contributed by atoms with E-state index in [1.54, 1.807) is 17.6 Å². The van der Waals surface area contributed by atoms with Gasteiger partial charge in [0.15, 0.2) is 0 Å². The van der Waals surface area contributed by atoms with Crippen LogP contribution in [0, 0.1) is 0 Å². The topological polar surface area (TPSA) is 38.1 Å². The van der Waals surface area contributed by atoms with Crippen LogP contribution in [-0.4, -0.2) is 11.0 Å². The second-order valence-corrected chi connectivity index (χ2v) is 7.40. The van der Waals surface area contributed by atoms with Crippen molar-refractivity contribution in [2.24, 2.45) is 0 Å². The molecule has 0 aliphatic carbocycles. The summed E-state index contributed by atoms with van der Waals surface area (Å²) in [6.45, 7) is 11.6. The van der Waals surface area contributed by atoms with E-state index in [0.717, 1.165) is 23.7 Å².